The molecule has 1 amide bonds. The molecule has 1 aromatic carbocycles. The SMILES string of the molecule is CCC(N)c1ccc2c(c1)CN(C(=O)C(C)(C)C)CC2. The molecule has 1 atom stereocenters. The van der Waals surface area contributed by atoms with E-state index in [0.29, 0.717) is 0 Å². The maximum absolute atomic E-state index is 12.4. The van der Waals surface area contributed by atoms with Gasteiger partial charge in [0, 0.05) is 24.5 Å². The van der Waals surface area contributed by atoms with E-state index in [1.54, 1.807) is 0 Å². The van der Waals surface area contributed by atoms with Crippen LogP contribution in [0, 0.1) is 5.41 Å². The summed E-state index contributed by atoms with van der Waals surface area (Å²) >= 11 is 0. The molecule has 1 heterocycles. The van der Waals surface area contributed by atoms with Crippen molar-refractivity contribution in [2.75, 3.05) is 6.54 Å². The molecule has 0 fully saturated rings. The van der Waals surface area contributed by atoms with Crippen LogP contribution in [-0.2, 0) is 17.8 Å². The number of benzene rings is 1. The van der Waals surface area contributed by atoms with Crippen LogP contribution >= 0.6 is 0 Å². The summed E-state index contributed by atoms with van der Waals surface area (Å²) < 4.78 is 0. The van der Waals surface area contributed by atoms with Gasteiger partial charge in [0.15, 0.2) is 0 Å². The molecule has 3 nitrogen and oxygen atoms in total. The van der Waals surface area contributed by atoms with Gasteiger partial charge in [0.25, 0.3) is 0 Å². The lowest BCUT2D eigenvalue weighted by molar-refractivity contribution is -0.140. The fourth-order valence-corrected chi connectivity index (χ4v) is 2.69. The van der Waals surface area contributed by atoms with Gasteiger partial charge in [0.2, 0.25) is 5.91 Å². The minimum atomic E-state index is -0.311. The van der Waals surface area contributed by atoms with Crippen LogP contribution in [0.25, 0.3) is 0 Å². The van der Waals surface area contributed by atoms with Crippen molar-refractivity contribution in [2.24, 2.45) is 11.1 Å². The highest BCUT2D eigenvalue weighted by molar-refractivity contribution is 5.81. The molecule has 0 spiro atoms. The van der Waals surface area contributed by atoms with Crippen molar-refractivity contribution in [1.29, 1.82) is 0 Å². The molecule has 2 rings (SSSR count). The summed E-state index contributed by atoms with van der Waals surface area (Å²) in [6.45, 7) is 9.58. The molecular formula is C17H26N2O. The monoisotopic (exact) mass is 274 g/mol. The van der Waals surface area contributed by atoms with Crippen molar-refractivity contribution in [1.82, 2.24) is 4.90 Å². The molecule has 1 aliphatic rings. The molecule has 3 heteroatoms. The van der Waals surface area contributed by atoms with Crippen LogP contribution in [0.4, 0.5) is 0 Å². The predicted molar refractivity (Wildman–Crippen MR) is 82.2 cm³/mol. The average molecular weight is 274 g/mol. The van der Waals surface area contributed by atoms with Gasteiger partial charge in [-0.2, -0.15) is 0 Å². The lowest BCUT2D eigenvalue weighted by Crippen LogP contribution is -2.42. The Hall–Kier alpha value is -1.35. The molecular weight excluding hydrogens is 248 g/mol. The van der Waals surface area contributed by atoms with E-state index in [1.165, 1.54) is 16.7 Å². The van der Waals surface area contributed by atoms with Gasteiger partial charge < -0.3 is 10.6 Å². The molecule has 0 saturated heterocycles. The topological polar surface area (TPSA) is 46.3 Å². The molecule has 20 heavy (non-hydrogen) atoms. The van der Waals surface area contributed by atoms with Crippen LogP contribution in [-0.4, -0.2) is 17.4 Å². The molecule has 0 aliphatic carbocycles. The number of carbonyl (C=O) groups excluding carboxylic acids is 1. The normalized spacial score (nSPS) is 16.8. The first-order valence-electron chi connectivity index (χ1n) is 7.49. The van der Waals surface area contributed by atoms with E-state index in [-0.39, 0.29) is 17.4 Å². The molecule has 110 valence electrons. The third-order valence-corrected chi connectivity index (χ3v) is 4.04. The molecule has 0 radical (unpaired) electrons. The molecule has 2 N–H and O–H groups in total. The van der Waals surface area contributed by atoms with Gasteiger partial charge in [0.05, 0.1) is 0 Å². The first-order valence-corrected chi connectivity index (χ1v) is 7.49. The molecule has 1 aromatic rings. The van der Waals surface area contributed by atoms with E-state index in [0.717, 1.165) is 25.9 Å². The zero-order valence-electron chi connectivity index (χ0n) is 13.1. The van der Waals surface area contributed by atoms with Crippen LogP contribution in [0.5, 0.6) is 0 Å². The van der Waals surface area contributed by atoms with Crippen LogP contribution in [0.2, 0.25) is 0 Å². The van der Waals surface area contributed by atoms with Gasteiger partial charge in [-0.3, -0.25) is 4.79 Å². The summed E-state index contributed by atoms with van der Waals surface area (Å²) in [5.41, 5.74) is 9.59. The van der Waals surface area contributed by atoms with E-state index in [2.05, 4.69) is 25.1 Å². The quantitative estimate of drug-likeness (QED) is 0.901. The highest BCUT2D eigenvalue weighted by atomic mass is 16.2. The zero-order valence-corrected chi connectivity index (χ0v) is 13.1. The number of carbonyl (C=O) groups is 1. The Morgan fingerprint density at radius 1 is 1.35 bits per heavy atom. The molecule has 0 bridgehead atoms. The minimum absolute atomic E-state index is 0.0917. The van der Waals surface area contributed by atoms with Crippen molar-refractivity contribution in [3.05, 3.63) is 34.9 Å². The number of hydrogen-bond donors (Lipinski definition) is 1. The van der Waals surface area contributed by atoms with Crippen molar-refractivity contribution < 1.29 is 4.79 Å². The van der Waals surface area contributed by atoms with E-state index < -0.39 is 0 Å². The van der Waals surface area contributed by atoms with E-state index in [1.807, 2.05) is 25.7 Å². The van der Waals surface area contributed by atoms with Crippen molar-refractivity contribution in [2.45, 2.75) is 53.1 Å². The molecule has 0 aromatic heterocycles. The third kappa shape index (κ3) is 3.04. The van der Waals surface area contributed by atoms with Crippen LogP contribution in [0.1, 0.15) is 56.8 Å². The van der Waals surface area contributed by atoms with Gasteiger partial charge in [-0.15, -0.1) is 0 Å². The fraction of sp³-hybridized carbons (Fsp3) is 0.588. The molecule has 0 saturated carbocycles. The molecule has 1 aliphatic heterocycles. The summed E-state index contributed by atoms with van der Waals surface area (Å²) in [4.78, 5) is 14.4. The Balaban J connectivity index is 2.22. The summed E-state index contributed by atoms with van der Waals surface area (Å²) in [6, 6.07) is 6.59. The molecule has 1 unspecified atom stereocenters. The van der Waals surface area contributed by atoms with Gasteiger partial charge in [0.1, 0.15) is 0 Å². The summed E-state index contributed by atoms with van der Waals surface area (Å²) in [5.74, 6) is 0.230. The predicted octanol–water partition coefficient (Wildman–Crippen LogP) is 3.03. The summed E-state index contributed by atoms with van der Waals surface area (Å²) in [6.07, 6.45) is 1.88. The largest absolute Gasteiger partial charge is 0.338 e. The van der Waals surface area contributed by atoms with E-state index >= 15 is 0 Å². The van der Waals surface area contributed by atoms with E-state index in [4.69, 9.17) is 5.73 Å². The van der Waals surface area contributed by atoms with Crippen molar-refractivity contribution in [3.63, 3.8) is 0 Å². The Morgan fingerprint density at radius 3 is 2.65 bits per heavy atom. The Bertz CT molecular complexity index is 502. The van der Waals surface area contributed by atoms with Gasteiger partial charge in [-0.1, -0.05) is 45.9 Å². The zero-order chi connectivity index (χ0) is 14.9. The Morgan fingerprint density at radius 2 is 2.05 bits per heavy atom. The Labute approximate surface area is 122 Å². The number of amides is 1. The van der Waals surface area contributed by atoms with E-state index in [9.17, 15) is 4.79 Å². The lowest BCUT2D eigenvalue weighted by Gasteiger charge is -2.34. The lowest BCUT2D eigenvalue weighted by atomic mass is 9.90. The van der Waals surface area contributed by atoms with Crippen molar-refractivity contribution >= 4 is 5.91 Å². The smallest absolute Gasteiger partial charge is 0.228 e. The second-order valence-electron chi connectivity index (χ2n) is 6.77. The minimum Gasteiger partial charge on any atom is -0.338 e. The second-order valence-corrected chi connectivity index (χ2v) is 6.77. The van der Waals surface area contributed by atoms with Crippen molar-refractivity contribution in [3.8, 4) is 0 Å². The standard InChI is InChI=1S/C17H26N2O/c1-5-15(18)13-7-6-12-8-9-19(11-14(12)10-13)16(20)17(2,3)4/h6-7,10,15H,5,8-9,11,18H2,1-4H3. The highest BCUT2D eigenvalue weighted by Gasteiger charge is 2.29. The third-order valence-electron chi connectivity index (χ3n) is 4.04. The number of fused-ring (bicyclic) bond motifs is 1. The van der Waals surface area contributed by atoms with Gasteiger partial charge in [-0.25, -0.2) is 0 Å². The van der Waals surface area contributed by atoms with Crippen LogP contribution < -0.4 is 5.73 Å². The van der Waals surface area contributed by atoms with Gasteiger partial charge in [-0.05, 0) is 29.5 Å². The maximum Gasteiger partial charge on any atom is 0.228 e. The van der Waals surface area contributed by atoms with Gasteiger partial charge >= 0.3 is 0 Å². The summed E-state index contributed by atoms with van der Waals surface area (Å²) in [7, 11) is 0. The number of nitrogens with two attached hydrogens (primary N) is 1. The number of hydrogen-bond acceptors (Lipinski definition) is 2. The average Bonchev–Trinajstić information content (AvgIpc) is 2.43. The second kappa shape index (κ2) is 5.57. The summed E-state index contributed by atoms with van der Waals surface area (Å²) in [5, 5.41) is 0. The Kier molecular flexibility index (Phi) is 4.19. The fourth-order valence-electron chi connectivity index (χ4n) is 2.69. The first kappa shape index (κ1) is 15.0. The maximum atomic E-state index is 12.4. The van der Waals surface area contributed by atoms with Crippen LogP contribution in [0.15, 0.2) is 18.2 Å². The highest BCUT2D eigenvalue weighted by Crippen LogP contribution is 2.26. The van der Waals surface area contributed by atoms with Crippen LogP contribution in [0.3, 0.4) is 0 Å². The number of nitrogens with zero attached hydrogens (tertiary/aromatic N) is 1. The first-order chi connectivity index (χ1) is 9.32. The number of rotatable bonds is 2.